The normalized spacial score (nSPS) is 9.93. The Morgan fingerprint density at radius 2 is 1.47 bits per heavy atom. The summed E-state index contributed by atoms with van der Waals surface area (Å²) in [6.07, 6.45) is 0.871. The first-order valence-corrected chi connectivity index (χ1v) is 5.10. The number of hydrogen-bond donors (Lipinski definition) is 1. The lowest BCUT2D eigenvalue weighted by Crippen LogP contribution is -1.87. The lowest BCUT2D eigenvalue weighted by atomic mass is 10.0. The van der Waals surface area contributed by atoms with Crippen LogP contribution in [0.25, 0.3) is 11.1 Å². The van der Waals surface area contributed by atoms with Crippen molar-refractivity contribution < 1.29 is 4.79 Å². The van der Waals surface area contributed by atoms with Crippen LogP contribution in [-0.2, 0) is 0 Å². The van der Waals surface area contributed by atoms with Crippen LogP contribution in [0.5, 0.6) is 0 Å². The van der Waals surface area contributed by atoms with Crippen LogP contribution in [-0.4, -0.2) is 6.29 Å². The van der Waals surface area contributed by atoms with Crippen LogP contribution in [0.2, 0.25) is 0 Å². The molecule has 0 heterocycles. The molecule has 2 aromatic rings. The van der Waals surface area contributed by atoms with Crippen LogP contribution in [0, 0.1) is 0 Å². The maximum atomic E-state index is 10.9. The first-order chi connectivity index (χ1) is 7.33. The average Bonchev–Trinajstić information content (AvgIpc) is 2.30. The van der Waals surface area contributed by atoms with Gasteiger partial charge in [0.05, 0.1) is 0 Å². The van der Waals surface area contributed by atoms with E-state index in [1.807, 2.05) is 48.5 Å². The molecule has 1 nitrogen and oxygen atoms in total. The SMILES string of the molecule is O=Cc1ccccc1-c1ccccc1S. The molecule has 0 amide bonds. The third kappa shape index (κ3) is 1.95. The van der Waals surface area contributed by atoms with Gasteiger partial charge in [-0.3, -0.25) is 4.79 Å². The molecule has 0 aliphatic heterocycles. The van der Waals surface area contributed by atoms with Crippen molar-refractivity contribution in [3.8, 4) is 11.1 Å². The highest BCUT2D eigenvalue weighted by Gasteiger charge is 2.05. The molecule has 2 rings (SSSR count). The molecular weight excluding hydrogens is 204 g/mol. The number of aldehydes is 1. The van der Waals surface area contributed by atoms with Crippen LogP contribution in [0.3, 0.4) is 0 Å². The Morgan fingerprint density at radius 1 is 0.867 bits per heavy atom. The van der Waals surface area contributed by atoms with Crippen LogP contribution in [0.1, 0.15) is 10.4 Å². The molecule has 0 aliphatic carbocycles. The van der Waals surface area contributed by atoms with E-state index in [1.165, 1.54) is 0 Å². The molecule has 2 heteroatoms. The number of rotatable bonds is 2. The summed E-state index contributed by atoms with van der Waals surface area (Å²) in [4.78, 5) is 11.8. The minimum Gasteiger partial charge on any atom is -0.298 e. The maximum absolute atomic E-state index is 10.9. The molecule has 0 saturated heterocycles. The zero-order valence-corrected chi connectivity index (χ0v) is 8.95. The molecule has 0 unspecified atom stereocenters. The van der Waals surface area contributed by atoms with Crippen LogP contribution >= 0.6 is 12.6 Å². The fourth-order valence-electron chi connectivity index (χ4n) is 1.55. The Balaban J connectivity index is 2.64. The lowest BCUT2D eigenvalue weighted by molar-refractivity contribution is 0.112. The van der Waals surface area contributed by atoms with Crippen molar-refractivity contribution in [2.75, 3.05) is 0 Å². The highest BCUT2D eigenvalue weighted by Crippen LogP contribution is 2.28. The Hall–Kier alpha value is -1.54. The number of carbonyl (C=O) groups is 1. The monoisotopic (exact) mass is 214 g/mol. The zero-order valence-electron chi connectivity index (χ0n) is 8.05. The molecular formula is C13H10OS. The van der Waals surface area contributed by atoms with Gasteiger partial charge in [-0.05, 0) is 17.2 Å². The number of carbonyl (C=O) groups excluding carboxylic acids is 1. The average molecular weight is 214 g/mol. The Bertz CT molecular complexity index is 491. The predicted molar refractivity (Wildman–Crippen MR) is 64.5 cm³/mol. The molecule has 0 bridgehead atoms. The second-order valence-corrected chi connectivity index (χ2v) is 3.70. The minimum absolute atomic E-state index is 0.694. The molecule has 74 valence electrons. The molecule has 0 fully saturated rings. The quantitative estimate of drug-likeness (QED) is 0.598. The van der Waals surface area contributed by atoms with Gasteiger partial charge in [0.25, 0.3) is 0 Å². The van der Waals surface area contributed by atoms with E-state index >= 15 is 0 Å². The maximum Gasteiger partial charge on any atom is 0.150 e. The van der Waals surface area contributed by atoms with Crippen molar-refractivity contribution in [2.45, 2.75) is 4.90 Å². The van der Waals surface area contributed by atoms with Gasteiger partial charge in [0.1, 0.15) is 0 Å². The molecule has 0 saturated carbocycles. The summed E-state index contributed by atoms with van der Waals surface area (Å²) in [7, 11) is 0. The molecule has 15 heavy (non-hydrogen) atoms. The van der Waals surface area contributed by atoms with Gasteiger partial charge in [0, 0.05) is 10.5 Å². The predicted octanol–water partition coefficient (Wildman–Crippen LogP) is 3.45. The number of hydrogen-bond acceptors (Lipinski definition) is 2. The van der Waals surface area contributed by atoms with Gasteiger partial charge in [-0.15, -0.1) is 12.6 Å². The molecule has 0 radical (unpaired) electrons. The van der Waals surface area contributed by atoms with E-state index in [-0.39, 0.29) is 0 Å². The Labute approximate surface area is 94.2 Å². The van der Waals surface area contributed by atoms with E-state index in [1.54, 1.807) is 0 Å². The standard InChI is InChI=1S/C13H10OS/c14-9-10-5-1-2-6-11(10)12-7-3-4-8-13(12)15/h1-9,15H. The molecule has 0 N–H and O–H groups in total. The summed E-state index contributed by atoms with van der Waals surface area (Å²) in [6, 6.07) is 15.3. The third-order valence-electron chi connectivity index (χ3n) is 2.28. The van der Waals surface area contributed by atoms with Gasteiger partial charge >= 0.3 is 0 Å². The fourth-order valence-corrected chi connectivity index (χ4v) is 1.83. The second-order valence-electron chi connectivity index (χ2n) is 3.22. The largest absolute Gasteiger partial charge is 0.298 e. The van der Waals surface area contributed by atoms with Crippen molar-refractivity contribution in [3.63, 3.8) is 0 Å². The highest BCUT2D eigenvalue weighted by molar-refractivity contribution is 7.80. The first kappa shape index (κ1) is 9.99. The van der Waals surface area contributed by atoms with Crippen molar-refractivity contribution in [1.29, 1.82) is 0 Å². The van der Waals surface area contributed by atoms with Crippen molar-refractivity contribution in [1.82, 2.24) is 0 Å². The van der Waals surface area contributed by atoms with Crippen molar-refractivity contribution >= 4 is 18.9 Å². The fraction of sp³-hybridized carbons (Fsp3) is 0. The van der Waals surface area contributed by atoms with Gasteiger partial charge in [-0.25, -0.2) is 0 Å². The molecule has 0 aromatic heterocycles. The Morgan fingerprint density at radius 3 is 2.13 bits per heavy atom. The van der Waals surface area contributed by atoms with Gasteiger partial charge in [0.2, 0.25) is 0 Å². The molecule has 2 aromatic carbocycles. The van der Waals surface area contributed by atoms with Crippen LogP contribution in [0.15, 0.2) is 53.4 Å². The van der Waals surface area contributed by atoms with Crippen LogP contribution in [0.4, 0.5) is 0 Å². The lowest BCUT2D eigenvalue weighted by Gasteiger charge is -2.06. The minimum atomic E-state index is 0.694. The second kappa shape index (κ2) is 4.32. The van der Waals surface area contributed by atoms with Gasteiger partial charge in [-0.1, -0.05) is 42.5 Å². The van der Waals surface area contributed by atoms with Gasteiger partial charge in [-0.2, -0.15) is 0 Å². The number of thiol groups is 1. The molecule has 0 atom stereocenters. The molecule has 0 aliphatic rings. The van der Waals surface area contributed by atoms with Gasteiger partial charge in [0.15, 0.2) is 6.29 Å². The topological polar surface area (TPSA) is 17.1 Å². The van der Waals surface area contributed by atoms with E-state index in [4.69, 9.17) is 0 Å². The van der Waals surface area contributed by atoms with E-state index in [9.17, 15) is 4.79 Å². The van der Waals surface area contributed by atoms with E-state index < -0.39 is 0 Å². The van der Waals surface area contributed by atoms with Crippen LogP contribution < -0.4 is 0 Å². The summed E-state index contributed by atoms with van der Waals surface area (Å²) in [5, 5.41) is 0. The summed E-state index contributed by atoms with van der Waals surface area (Å²) >= 11 is 4.38. The van der Waals surface area contributed by atoms with E-state index in [0.717, 1.165) is 22.3 Å². The van der Waals surface area contributed by atoms with Crippen molar-refractivity contribution in [2.24, 2.45) is 0 Å². The smallest absolute Gasteiger partial charge is 0.150 e. The van der Waals surface area contributed by atoms with E-state index in [0.29, 0.717) is 5.56 Å². The summed E-state index contributed by atoms with van der Waals surface area (Å²) < 4.78 is 0. The summed E-state index contributed by atoms with van der Waals surface area (Å²) in [5.74, 6) is 0. The van der Waals surface area contributed by atoms with E-state index in [2.05, 4.69) is 12.6 Å². The molecule has 0 spiro atoms. The van der Waals surface area contributed by atoms with Gasteiger partial charge < -0.3 is 0 Å². The Kier molecular flexibility index (Phi) is 2.88. The van der Waals surface area contributed by atoms with Crippen molar-refractivity contribution in [3.05, 3.63) is 54.1 Å². The summed E-state index contributed by atoms with van der Waals surface area (Å²) in [5.41, 5.74) is 2.61. The number of benzene rings is 2. The first-order valence-electron chi connectivity index (χ1n) is 4.65. The third-order valence-corrected chi connectivity index (χ3v) is 2.67. The highest BCUT2D eigenvalue weighted by atomic mass is 32.1. The zero-order chi connectivity index (χ0) is 10.7. The summed E-state index contributed by atoms with van der Waals surface area (Å²) in [6.45, 7) is 0.